The summed E-state index contributed by atoms with van der Waals surface area (Å²) in [5.74, 6) is 0. The molecule has 0 atom stereocenters. The van der Waals surface area contributed by atoms with Crippen molar-refractivity contribution >= 4 is 47.3 Å². The third-order valence-electron chi connectivity index (χ3n) is 1.01. The zero-order valence-electron chi connectivity index (χ0n) is 5.46. The first-order valence-corrected chi connectivity index (χ1v) is 6.15. The van der Waals surface area contributed by atoms with Gasteiger partial charge in [-0.3, -0.25) is 0 Å². The minimum Gasteiger partial charge on any atom is -0.241 e. The number of nitrogens with zero attached hydrogens (tertiary/aromatic N) is 1. The summed E-state index contributed by atoms with van der Waals surface area (Å²) in [6, 6.07) is 1.41. The highest BCUT2D eigenvalue weighted by atomic mass is 79.9. The number of pyridine rings is 1. The van der Waals surface area contributed by atoms with Gasteiger partial charge >= 0.3 is 0 Å². The Balaban J connectivity index is 3.39. The van der Waals surface area contributed by atoms with Crippen LogP contribution in [0.25, 0.3) is 0 Å². The Labute approximate surface area is 87.3 Å². The van der Waals surface area contributed by atoms with Gasteiger partial charge in [-0.15, -0.1) is 0 Å². The maximum Gasteiger partial charge on any atom is 0.280 e. The van der Waals surface area contributed by atoms with Gasteiger partial charge in [-0.1, -0.05) is 11.6 Å². The first kappa shape index (κ1) is 10.2. The van der Waals surface area contributed by atoms with E-state index in [-0.39, 0.29) is 10.0 Å². The number of hydrogen-bond donors (Lipinski definition) is 0. The molecule has 1 aromatic heterocycles. The predicted octanol–water partition coefficient (Wildman–Crippen LogP) is 2.43. The van der Waals surface area contributed by atoms with Crippen molar-refractivity contribution in [3.63, 3.8) is 0 Å². The Kier molecular flexibility index (Phi) is 2.98. The highest BCUT2D eigenvalue weighted by Crippen LogP contribution is 2.24. The summed E-state index contributed by atoms with van der Waals surface area (Å²) in [6.07, 6.45) is 1.31. The summed E-state index contributed by atoms with van der Waals surface area (Å²) < 4.78 is 22.1. The zero-order valence-corrected chi connectivity index (χ0v) is 9.37. The van der Waals surface area contributed by atoms with Crippen molar-refractivity contribution in [3.8, 4) is 0 Å². The van der Waals surface area contributed by atoms with Crippen LogP contribution in [-0.2, 0) is 9.05 Å². The molecule has 0 saturated heterocycles. The summed E-state index contributed by atoms with van der Waals surface area (Å²) in [7, 11) is 1.18. The smallest absolute Gasteiger partial charge is 0.241 e. The molecule has 66 valence electrons. The van der Waals surface area contributed by atoms with Crippen LogP contribution in [0.1, 0.15) is 0 Å². The van der Waals surface area contributed by atoms with Gasteiger partial charge in [0.25, 0.3) is 9.05 Å². The number of hydrogen-bond acceptors (Lipinski definition) is 3. The maximum absolute atomic E-state index is 10.8. The van der Waals surface area contributed by atoms with Crippen molar-refractivity contribution in [2.24, 2.45) is 0 Å². The molecule has 1 rings (SSSR count). The third kappa shape index (κ3) is 2.32. The Morgan fingerprint density at radius 1 is 1.50 bits per heavy atom. The van der Waals surface area contributed by atoms with Crippen molar-refractivity contribution in [3.05, 3.63) is 21.8 Å². The van der Waals surface area contributed by atoms with Gasteiger partial charge in [0.15, 0.2) is 5.03 Å². The molecule has 0 N–H and O–H groups in total. The zero-order chi connectivity index (χ0) is 9.35. The topological polar surface area (TPSA) is 47.0 Å². The lowest BCUT2D eigenvalue weighted by atomic mass is 10.5. The number of halogens is 3. The summed E-state index contributed by atoms with van der Waals surface area (Å²) in [5, 5.41) is -0.326. The van der Waals surface area contributed by atoms with Crippen molar-refractivity contribution < 1.29 is 8.42 Å². The van der Waals surface area contributed by atoms with E-state index in [1.54, 1.807) is 0 Å². The van der Waals surface area contributed by atoms with E-state index in [1.165, 1.54) is 12.3 Å². The molecule has 7 heteroatoms. The van der Waals surface area contributed by atoms with Crippen LogP contribution in [0.3, 0.4) is 0 Å². The lowest BCUT2D eigenvalue weighted by molar-refractivity contribution is 0.606. The molecule has 12 heavy (non-hydrogen) atoms. The fraction of sp³-hybridized carbons (Fsp3) is 0. The molecule has 0 amide bonds. The second kappa shape index (κ2) is 3.49. The Hall–Kier alpha value is 0.160. The SMILES string of the molecule is O=S(=O)(Cl)c1ncc(Br)cc1Cl. The second-order valence-electron chi connectivity index (χ2n) is 1.88. The van der Waals surface area contributed by atoms with Gasteiger partial charge in [-0.05, 0) is 22.0 Å². The molecule has 1 aromatic rings. The first-order valence-electron chi connectivity index (χ1n) is 2.67. The highest BCUT2D eigenvalue weighted by molar-refractivity contribution is 9.10. The molecular formula is C5H2BrCl2NO2S. The molecule has 3 nitrogen and oxygen atoms in total. The van der Waals surface area contributed by atoms with Crippen LogP contribution < -0.4 is 0 Å². The normalized spacial score (nSPS) is 11.6. The minimum absolute atomic E-state index is 0.000579. The van der Waals surface area contributed by atoms with Gasteiger partial charge < -0.3 is 0 Å². The van der Waals surface area contributed by atoms with Gasteiger partial charge in [-0.2, -0.15) is 0 Å². The average Bonchev–Trinajstić information content (AvgIpc) is 1.83. The lowest BCUT2D eigenvalue weighted by Crippen LogP contribution is -1.95. The van der Waals surface area contributed by atoms with Crippen LogP contribution in [0, 0.1) is 0 Å². The fourth-order valence-corrected chi connectivity index (χ4v) is 2.47. The maximum atomic E-state index is 10.8. The van der Waals surface area contributed by atoms with E-state index in [1.807, 2.05) is 0 Å². The summed E-state index contributed by atoms with van der Waals surface area (Å²) in [5.41, 5.74) is 0. The van der Waals surface area contributed by atoms with Crippen LogP contribution in [0.2, 0.25) is 5.02 Å². The highest BCUT2D eigenvalue weighted by Gasteiger charge is 2.16. The van der Waals surface area contributed by atoms with Gasteiger partial charge in [-0.25, -0.2) is 13.4 Å². The van der Waals surface area contributed by atoms with Crippen LogP contribution in [0.15, 0.2) is 21.8 Å². The third-order valence-corrected chi connectivity index (χ3v) is 3.06. The summed E-state index contributed by atoms with van der Waals surface area (Å²) in [6.45, 7) is 0. The summed E-state index contributed by atoms with van der Waals surface area (Å²) in [4.78, 5) is 3.55. The Morgan fingerprint density at radius 2 is 2.08 bits per heavy atom. The molecule has 0 radical (unpaired) electrons. The van der Waals surface area contributed by atoms with E-state index in [0.717, 1.165) is 0 Å². The average molecular weight is 291 g/mol. The molecule has 0 aliphatic rings. The van der Waals surface area contributed by atoms with Crippen LogP contribution >= 0.6 is 38.2 Å². The van der Waals surface area contributed by atoms with Crippen molar-refractivity contribution in [2.45, 2.75) is 5.03 Å². The number of aromatic nitrogens is 1. The standard InChI is InChI=1S/C5H2BrCl2NO2S/c6-3-1-4(7)5(9-2-3)12(8,10)11/h1-2H. The molecule has 0 aliphatic carbocycles. The van der Waals surface area contributed by atoms with E-state index >= 15 is 0 Å². The second-order valence-corrected chi connectivity index (χ2v) is 5.68. The van der Waals surface area contributed by atoms with Crippen molar-refractivity contribution in [2.75, 3.05) is 0 Å². The Morgan fingerprint density at radius 3 is 2.50 bits per heavy atom. The fourth-order valence-electron chi connectivity index (χ4n) is 0.581. The lowest BCUT2D eigenvalue weighted by Gasteiger charge is -1.97. The quantitative estimate of drug-likeness (QED) is 0.746. The molecule has 0 bridgehead atoms. The van der Waals surface area contributed by atoms with E-state index in [4.69, 9.17) is 22.3 Å². The molecule has 1 heterocycles. The van der Waals surface area contributed by atoms with Crippen molar-refractivity contribution in [1.29, 1.82) is 0 Å². The van der Waals surface area contributed by atoms with Gasteiger partial charge in [0, 0.05) is 21.4 Å². The van der Waals surface area contributed by atoms with E-state index < -0.39 is 9.05 Å². The van der Waals surface area contributed by atoms with Gasteiger partial charge in [0.05, 0.1) is 5.02 Å². The molecule has 0 spiro atoms. The van der Waals surface area contributed by atoms with Crippen LogP contribution in [0.4, 0.5) is 0 Å². The predicted molar refractivity (Wildman–Crippen MR) is 50.0 cm³/mol. The molecular weight excluding hydrogens is 289 g/mol. The summed E-state index contributed by atoms with van der Waals surface area (Å²) >= 11 is 8.64. The Bertz CT molecular complexity index is 406. The molecule has 0 unspecified atom stereocenters. The monoisotopic (exact) mass is 289 g/mol. The van der Waals surface area contributed by atoms with Gasteiger partial charge in [0.1, 0.15) is 0 Å². The number of rotatable bonds is 1. The largest absolute Gasteiger partial charge is 0.280 e. The van der Waals surface area contributed by atoms with E-state index in [0.29, 0.717) is 4.47 Å². The molecule has 0 aliphatic heterocycles. The van der Waals surface area contributed by atoms with Crippen molar-refractivity contribution in [1.82, 2.24) is 4.98 Å². The minimum atomic E-state index is -3.84. The molecule has 0 fully saturated rings. The molecule has 0 saturated carbocycles. The van der Waals surface area contributed by atoms with Crippen LogP contribution in [0.5, 0.6) is 0 Å². The van der Waals surface area contributed by atoms with Gasteiger partial charge in [0.2, 0.25) is 0 Å². The molecule has 0 aromatic carbocycles. The van der Waals surface area contributed by atoms with Crippen LogP contribution in [-0.4, -0.2) is 13.4 Å². The first-order chi connectivity index (χ1) is 5.41. The van der Waals surface area contributed by atoms with E-state index in [2.05, 4.69) is 20.9 Å². The van der Waals surface area contributed by atoms with E-state index in [9.17, 15) is 8.42 Å².